The smallest absolute Gasteiger partial charge is 0.161 e. The highest BCUT2D eigenvalue weighted by molar-refractivity contribution is 5.73. The molecule has 168 valence electrons. The number of aryl methyl sites for hydroxylation is 1. The lowest BCUT2D eigenvalue weighted by molar-refractivity contribution is 0.601. The average molecular weight is 447 g/mol. The van der Waals surface area contributed by atoms with Gasteiger partial charge < -0.3 is 14.8 Å². The van der Waals surface area contributed by atoms with E-state index in [2.05, 4.69) is 62.8 Å². The van der Waals surface area contributed by atoms with Crippen molar-refractivity contribution in [1.29, 1.82) is 5.26 Å². The second-order valence-corrected chi connectivity index (χ2v) is 9.70. The summed E-state index contributed by atoms with van der Waals surface area (Å²) < 4.78 is 4.62. The largest absolute Gasteiger partial charge is 0.367 e. The Hall–Kier alpha value is -3.82. The van der Waals surface area contributed by atoms with Gasteiger partial charge in [-0.3, -0.25) is 4.57 Å². The predicted molar refractivity (Wildman–Crippen MR) is 133 cm³/mol. The van der Waals surface area contributed by atoms with Crippen molar-refractivity contribution in [3.05, 3.63) is 77.7 Å². The van der Waals surface area contributed by atoms with Crippen LogP contribution in [0.15, 0.2) is 60.9 Å². The standard InChI is InChI=1S/C28H26N6/c1-18-15-31-28-27-13-21(20-4-2-19(14-29)3-5-20)16-32(27)17-22-12-23(6-7-25(22)34(18)28)33-11-9-24-26(33)8-10-30-24/h2-7,12-13,15-16,24,26,30H,8-11,17H2,1H3/t24-,26-/m0/s1. The maximum Gasteiger partial charge on any atom is 0.161 e. The summed E-state index contributed by atoms with van der Waals surface area (Å²) in [5.41, 5.74) is 9.06. The van der Waals surface area contributed by atoms with Gasteiger partial charge >= 0.3 is 0 Å². The van der Waals surface area contributed by atoms with Gasteiger partial charge in [0.2, 0.25) is 0 Å². The van der Waals surface area contributed by atoms with Crippen molar-refractivity contribution in [2.24, 2.45) is 0 Å². The van der Waals surface area contributed by atoms with Gasteiger partial charge in [-0.05, 0) is 73.8 Å². The van der Waals surface area contributed by atoms with Crippen molar-refractivity contribution in [2.75, 3.05) is 18.0 Å². The van der Waals surface area contributed by atoms with Crippen LogP contribution in [-0.2, 0) is 6.54 Å². The molecule has 7 rings (SSSR count). The van der Waals surface area contributed by atoms with Crippen LogP contribution >= 0.6 is 0 Å². The van der Waals surface area contributed by atoms with Crippen LogP contribution in [0.3, 0.4) is 0 Å². The van der Waals surface area contributed by atoms with Crippen LogP contribution in [0.5, 0.6) is 0 Å². The first-order valence-corrected chi connectivity index (χ1v) is 12.1. The minimum absolute atomic E-state index is 0.611. The van der Waals surface area contributed by atoms with Crippen molar-refractivity contribution in [3.63, 3.8) is 0 Å². The van der Waals surface area contributed by atoms with E-state index >= 15 is 0 Å². The third-order valence-corrected chi connectivity index (χ3v) is 7.78. The molecule has 2 fully saturated rings. The highest BCUT2D eigenvalue weighted by atomic mass is 15.2. The Morgan fingerprint density at radius 1 is 1.06 bits per heavy atom. The molecule has 0 amide bonds. The molecular weight excluding hydrogens is 420 g/mol. The SMILES string of the molecule is Cc1cnc2n1-c1ccc(N3CC[C@@H]4NCC[C@@H]43)cc1Cn1cc(-c3ccc(C#N)cc3)cc1-2. The lowest BCUT2D eigenvalue weighted by atomic mass is 10.1. The molecule has 2 aromatic heterocycles. The van der Waals surface area contributed by atoms with Gasteiger partial charge in [0.15, 0.2) is 5.82 Å². The van der Waals surface area contributed by atoms with Gasteiger partial charge in [-0.25, -0.2) is 4.98 Å². The predicted octanol–water partition coefficient (Wildman–Crippen LogP) is 4.49. The number of nitrogens with zero attached hydrogens (tertiary/aromatic N) is 5. The van der Waals surface area contributed by atoms with Crippen molar-refractivity contribution < 1.29 is 0 Å². The quantitative estimate of drug-likeness (QED) is 0.434. The zero-order valence-electron chi connectivity index (χ0n) is 19.2. The van der Waals surface area contributed by atoms with E-state index in [4.69, 9.17) is 10.2 Å². The molecule has 5 heterocycles. The normalized spacial score (nSPS) is 20.3. The number of aromatic nitrogens is 3. The lowest BCUT2D eigenvalue weighted by Crippen LogP contribution is -2.34. The molecule has 34 heavy (non-hydrogen) atoms. The number of imidazole rings is 1. The molecule has 0 bridgehead atoms. The number of anilines is 1. The molecule has 6 heteroatoms. The summed E-state index contributed by atoms with van der Waals surface area (Å²) in [5.74, 6) is 0.977. The fraction of sp³-hybridized carbons (Fsp3) is 0.286. The third kappa shape index (κ3) is 2.87. The van der Waals surface area contributed by atoms with Gasteiger partial charge in [-0.2, -0.15) is 5.26 Å². The molecule has 2 atom stereocenters. The molecule has 4 aromatic rings. The monoisotopic (exact) mass is 446 g/mol. The highest BCUT2D eigenvalue weighted by Crippen LogP contribution is 2.38. The van der Waals surface area contributed by atoms with Crippen molar-refractivity contribution in [1.82, 2.24) is 19.4 Å². The van der Waals surface area contributed by atoms with E-state index in [1.54, 1.807) is 0 Å². The van der Waals surface area contributed by atoms with Gasteiger partial charge in [0.1, 0.15) is 0 Å². The molecule has 0 saturated carbocycles. The molecule has 0 spiro atoms. The van der Waals surface area contributed by atoms with Crippen LogP contribution in [0.4, 0.5) is 5.69 Å². The van der Waals surface area contributed by atoms with Crippen LogP contribution in [0, 0.1) is 18.3 Å². The minimum Gasteiger partial charge on any atom is -0.367 e. The summed E-state index contributed by atoms with van der Waals surface area (Å²) in [4.78, 5) is 7.42. The van der Waals surface area contributed by atoms with Gasteiger partial charge in [0.25, 0.3) is 0 Å². The van der Waals surface area contributed by atoms with E-state index < -0.39 is 0 Å². The average Bonchev–Trinajstić information content (AvgIpc) is 3.62. The van der Waals surface area contributed by atoms with E-state index in [0.717, 1.165) is 48.0 Å². The zero-order valence-corrected chi connectivity index (χ0v) is 19.2. The van der Waals surface area contributed by atoms with E-state index in [1.165, 1.54) is 29.8 Å². The molecule has 3 aliphatic rings. The Kier molecular flexibility index (Phi) is 4.24. The van der Waals surface area contributed by atoms with Crippen LogP contribution in [0.2, 0.25) is 0 Å². The van der Waals surface area contributed by atoms with Crippen LogP contribution in [0.1, 0.15) is 29.7 Å². The Labute approximate surface area is 199 Å². The number of rotatable bonds is 2. The minimum atomic E-state index is 0.611. The zero-order chi connectivity index (χ0) is 22.8. The summed E-state index contributed by atoms with van der Waals surface area (Å²) in [6.07, 6.45) is 6.64. The molecule has 2 aromatic carbocycles. The van der Waals surface area contributed by atoms with Crippen LogP contribution < -0.4 is 10.2 Å². The summed E-state index contributed by atoms with van der Waals surface area (Å²) in [7, 11) is 0. The van der Waals surface area contributed by atoms with E-state index in [1.807, 2.05) is 30.5 Å². The maximum atomic E-state index is 9.15. The van der Waals surface area contributed by atoms with E-state index in [0.29, 0.717) is 17.6 Å². The molecule has 0 radical (unpaired) electrons. The second-order valence-electron chi connectivity index (χ2n) is 9.70. The fourth-order valence-electron chi connectivity index (χ4n) is 6.11. The van der Waals surface area contributed by atoms with Crippen LogP contribution in [-0.4, -0.2) is 39.3 Å². The summed E-state index contributed by atoms with van der Waals surface area (Å²) >= 11 is 0. The van der Waals surface area contributed by atoms with E-state index in [9.17, 15) is 0 Å². The number of fused-ring (bicyclic) bond motifs is 6. The number of benzene rings is 2. The number of hydrogen-bond acceptors (Lipinski definition) is 4. The molecule has 1 N–H and O–H groups in total. The highest BCUT2D eigenvalue weighted by Gasteiger charge is 2.37. The number of hydrogen-bond donors (Lipinski definition) is 1. The Balaban J connectivity index is 1.34. The van der Waals surface area contributed by atoms with Crippen LogP contribution in [0.25, 0.3) is 28.3 Å². The molecule has 3 aliphatic heterocycles. The summed E-state index contributed by atoms with van der Waals surface area (Å²) in [6.45, 7) is 5.18. The second kappa shape index (κ2) is 7.34. The third-order valence-electron chi connectivity index (χ3n) is 7.78. The first-order chi connectivity index (χ1) is 16.7. The van der Waals surface area contributed by atoms with Gasteiger partial charge in [-0.15, -0.1) is 0 Å². The first kappa shape index (κ1) is 19.6. The Morgan fingerprint density at radius 2 is 1.94 bits per heavy atom. The van der Waals surface area contributed by atoms with Gasteiger partial charge in [0, 0.05) is 54.5 Å². The molecule has 2 saturated heterocycles. The molecule has 0 unspecified atom stereocenters. The fourth-order valence-corrected chi connectivity index (χ4v) is 6.11. The maximum absolute atomic E-state index is 9.15. The summed E-state index contributed by atoms with van der Waals surface area (Å²) in [6, 6.07) is 20.5. The Morgan fingerprint density at radius 3 is 2.79 bits per heavy atom. The van der Waals surface area contributed by atoms with Crippen molar-refractivity contribution in [3.8, 4) is 34.4 Å². The topological polar surface area (TPSA) is 61.8 Å². The van der Waals surface area contributed by atoms with Gasteiger partial charge in [-0.1, -0.05) is 12.1 Å². The summed E-state index contributed by atoms with van der Waals surface area (Å²) in [5, 5.41) is 12.8. The first-order valence-electron chi connectivity index (χ1n) is 12.1. The van der Waals surface area contributed by atoms with Gasteiger partial charge in [0.05, 0.1) is 23.0 Å². The van der Waals surface area contributed by atoms with Crippen molar-refractivity contribution in [2.45, 2.75) is 38.4 Å². The molecule has 6 nitrogen and oxygen atoms in total. The number of nitriles is 1. The molecular formula is C28H26N6. The van der Waals surface area contributed by atoms with E-state index in [-0.39, 0.29) is 0 Å². The Bertz CT molecular complexity index is 1450. The number of nitrogens with one attached hydrogen (secondary N) is 1. The molecule has 0 aliphatic carbocycles. The van der Waals surface area contributed by atoms with Crippen molar-refractivity contribution >= 4 is 5.69 Å². The lowest BCUT2D eigenvalue weighted by Gasteiger charge is -2.27.